The van der Waals surface area contributed by atoms with Crippen molar-refractivity contribution in [1.29, 1.82) is 0 Å². The van der Waals surface area contributed by atoms with Crippen LogP contribution >= 0.6 is 0 Å². The van der Waals surface area contributed by atoms with Crippen LogP contribution in [0.3, 0.4) is 0 Å². The molecule has 0 aliphatic carbocycles. The number of anilines is 1. The second-order valence-electron chi connectivity index (χ2n) is 7.40. The maximum Gasteiger partial charge on any atom is 0.417 e. The van der Waals surface area contributed by atoms with Gasteiger partial charge in [0.05, 0.1) is 18.2 Å². The first-order chi connectivity index (χ1) is 13.9. The Bertz CT molecular complexity index is 862. The quantitative estimate of drug-likeness (QED) is 0.840. The number of fused-ring (bicyclic) bond motifs is 1. The molecule has 0 bridgehead atoms. The number of rotatable bonds is 3. The number of alkyl halides is 3. The molecule has 0 saturated carbocycles. The number of piperidine rings is 1. The summed E-state index contributed by atoms with van der Waals surface area (Å²) in [4.78, 5) is 18.6. The van der Waals surface area contributed by atoms with E-state index in [0.717, 1.165) is 30.0 Å². The van der Waals surface area contributed by atoms with E-state index in [9.17, 15) is 18.0 Å². The number of para-hydroxylation sites is 1. The molecule has 2 aliphatic rings. The Morgan fingerprint density at radius 2 is 1.86 bits per heavy atom. The predicted octanol–water partition coefficient (Wildman–Crippen LogP) is 3.96. The Hall–Kier alpha value is -2.77. The number of carbonyl (C=O) groups excluding carboxylic acids is 1. The number of amides is 1. The van der Waals surface area contributed by atoms with Crippen molar-refractivity contribution in [3.05, 3.63) is 53.7 Å². The van der Waals surface area contributed by atoms with Crippen LogP contribution in [0.25, 0.3) is 0 Å². The first-order valence-corrected chi connectivity index (χ1v) is 9.72. The van der Waals surface area contributed by atoms with Gasteiger partial charge in [-0.05, 0) is 31.0 Å². The topological polar surface area (TPSA) is 54.5 Å². The smallest absolute Gasteiger partial charge is 0.417 e. The van der Waals surface area contributed by atoms with Gasteiger partial charge < -0.3 is 15.0 Å². The number of ether oxygens (including phenoxy) is 1. The van der Waals surface area contributed by atoms with E-state index in [-0.39, 0.29) is 17.9 Å². The lowest BCUT2D eigenvalue weighted by atomic mass is 9.94. The highest BCUT2D eigenvalue weighted by Crippen LogP contribution is 2.33. The van der Waals surface area contributed by atoms with Crippen molar-refractivity contribution in [2.24, 2.45) is 5.92 Å². The Labute approximate surface area is 166 Å². The van der Waals surface area contributed by atoms with Gasteiger partial charge >= 0.3 is 6.18 Å². The summed E-state index contributed by atoms with van der Waals surface area (Å²) in [7, 11) is 0. The lowest BCUT2D eigenvalue weighted by molar-refractivity contribution is -0.137. The molecule has 2 aromatic rings. The van der Waals surface area contributed by atoms with Gasteiger partial charge in [0, 0.05) is 37.2 Å². The Morgan fingerprint density at radius 1 is 1.10 bits per heavy atom. The number of nitrogens with zero attached hydrogens (tertiary/aromatic N) is 2. The van der Waals surface area contributed by atoms with Crippen molar-refractivity contribution >= 4 is 11.7 Å². The van der Waals surface area contributed by atoms with Crippen molar-refractivity contribution in [2.45, 2.75) is 31.5 Å². The molecule has 154 valence electrons. The molecule has 0 spiro atoms. The first-order valence-electron chi connectivity index (χ1n) is 9.72. The third-order valence-electron chi connectivity index (χ3n) is 5.54. The average molecular weight is 405 g/mol. The van der Waals surface area contributed by atoms with Gasteiger partial charge in [-0.2, -0.15) is 13.2 Å². The van der Waals surface area contributed by atoms with Crippen LogP contribution in [0.5, 0.6) is 5.75 Å². The molecule has 0 radical (unpaired) electrons. The number of carbonyl (C=O) groups is 1. The van der Waals surface area contributed by atoms with Gasteiger partial charge in [0.1, 0.15) is 11.6 Å². The Morgan fingerprint density at radius 3 is 2.55 bits per heavy atom. The summed E-state index contributed by atoms with van der Waals surface area (Å²) in [6.45, 7) is 1.74. The fraction of sp³-hybridized carbons (Fsp3) is 0.429. The van der Waals surface area contributed by atoms with E-state index in [0.29, 0.717) is 38.4 Å². The summed E-state index contributed by atoms with van der Waals surface area (Å²) in [5.74, 6) is 1.23. The zero-order valence-corrected chi connectivity index (χ0v) is 15.8. The molecule has 3 heterocycles. The minimum absolute atomic E-state index is 0.0201. The highest BCUT2D eigenvalue weighted by Gasteiger charge is 2.32. The summed E-state index contributed by atoms with van der Waals surface area (Å²) in [5, 5.41) is 3.15. The van der Waals surface area contributed by atoms with E-state index < -0.39 is 11.7 Å². The number of pyridine rings is 1. The zero-order chi connectivity index (χ0) is 20.4. The van der Waals surface area contributed by atoms with Gasteiger partial charge in [0.25, 0.3) is 0 Å². The van der Waals surface area contributed by atoms with Gasteiger partial charge in [-0.3, -0.25) is 4.79 Å². The SMILES string of the molecule is O=C(N[C@@H]1CCOc2ccccc21)C1CCN(c2ccc(C(F)(F)F)cn2)CC1. The Kier molecular flexibility index (Phi) is 5.34. The van der Waals surface area contributed by atoms with Crippen molar-refractivity contribution in [3.63, 3.8) is 0 Å². The molecular formula is C21H22F3N3O2. The molecule has 1 atom stereocenters. The molecule has 1 aromatic heterocycles. The number of benzene rings is 1. The molecular weight excluding hydrogens is 383 g/mol. The number of halogens is 3. The van der Waals surface area contributed by atoms with Gasteiger partial charge in [0.2, 0.25) is 5.91 Å². The number of aromatic nitrogens is 1. The molecule has 8 heteroatoms. The maximum absolute atomic E-state index is 12.8. The van der Waals surface area contributed by atoms with E-state index in [1.807, 2.05) is 29.2 Å². The lowest BCUT2D eigenvalue weighted by Gasteiger charge is -2.34. The van der Waals surface area contributed by atoms with Crippen molar-refractivity contribution < 1.29 is 22.7 Å². The molecule has 5 nitrogen and oxygen atoms in total. The highest BCUT2D eigenvalue weighted by atomic mass is 19.4. The number of hydrogen-bond donors (Lipinski definition) is 1. The average Bonchev–Trinajstić information content (AvgIpc) is 2.73. The predicted molar refractivity (Wildman–Crippen MR) is 102 cm³/mol. The number of nitrogens with one attached hydrogen (secondary N) is 1. The zero-order valence-electron chi connectivity index (χ0n) is 15.8. The minimum atomic E-state index is -4.39. The lowest BCUT2D eigenvalue weighted by Crippen LogP contribution is -2.42. The van der Waals surface area contributed by atoms with Gasteiger partial charge in [-0.15, -0.1) is 0 Å². The van der Waals surface area contributed by atoms with Crippen molar-refractivity contribution in [1.82, 2.24) is 10.3 Å². The van der Waals surface area contributed by atoms with E-state index in [2.05, 4.69) is 10.3 Å². The van der Waals surface area contributed by atoms with Crippen molar-refractivity contribution in [3.8, 4) is 5.75 Å². The molecule has 1 saturated heterocycles. The summed E-state index contributed by atoms with van der Waals surface area (Å²) < 4.78 is 43.7. The summed E-state index contributed by atoms with van der Waals surface area (Å²) >= 11 is 0. The Balaban J connectivity index is 1.33. The molecule has 1 aromatic carbocycles. The maximum atomic E-state index is 12.8. The van der Waals surface area contributed by atoms with E-state index >= 15 is 0 Å². The van der Waals surface area contributed by atoms with E-state index in [1.54, 1.807) is 0 Å². The monoisotopic (exact) mass is 405 g/mol. The second-order valence-corrected chi connectivity index (χ2v) is 7.40. The van der Waals surface area contributed by atoms with E-state index in [4.69, 9.17) is 4.74 Å². The van der Waals surface area contributed by atoms with Crippen LogP contribution < -0.4 is 15.0 Å². The molecule has 1 fully saturated rings. The van der Waals surface area contributed by atoms with Gasteiger partial charge in [-0.25, -0.2) is 4.98 Å². The molecule has 1 N–H and O–H groups in total. The molecule has 29 heavy (non-hydrogen) atoms. The summed E-state index contributed by atoms with van der Waals surface area (Å²) in [6, 6.07) is 10.1. The standard InChI is InChI=1S/C21H22F3N3O2/c22-21(23,24)15-5-6-19(25-13-15)27-10-7-14(8-11-27)20(28)26-17-9-12-29-18-4-2-1-3-16(17)18/h1-6,13-14,17H,7-12H2,(H,26,28)/t17-/m1/s1. The largest absolute Gasteiger partial charge is 0.493 e. The van der Waals surface area contributed by atoms with Crippen LogP contribution in [0, 0.1) is 5.92 Å². The molecule has 0 unspecified atom stereocenters. The molecule has 1 amide bonds. The van der Waals surface area contributed by atoms with Gasteiger partial charge in [0.15, 0.2) is 0 Å². The summed E-state index contributed by atoms with van der Waals surface area (Å²) in [6.07, 6.45) is -1.52. The third kappa shape index (κ3) is 4.31. The summed E-state index contributed by atoms with van der Waals surface area (Å²) in [5.41, 5.74) is 0.241. The number of hydrogen-bond acceptors (Lipinski definition) is 4. The fourth-order valence-electron chi connectivity index (χ4n) is 3.89. The first kappa shape index (κ1) is 19.5. The third-order valence-corrected chi connectivity index (χ3v) is 5.54. The van der Waals surface area contributed by atoms with Crippen LogP contribution in [0.4, 0.5) is 19.0 Å². The van der Waals surface area contributed by atoms with Crippen LogP contribution in [0.1, 0.15) is 36.4 Å². The minimum Gasteiger partial charge on any atom is -0.493 e. The van der Waals surface area contributed by atoms with Crippen molar-refractivity contribution in [2.75, 3.05) is 24.6 Å². The highest BCUT2D eigenvalue weighted by molar-refractivity contribution is 5.79. The van der Waals surface area contributed by atoms with Crippen LogP contribution in [0.15, 0.2) is 42.6 Å². The fourth-order valence-corrected chi connectivity index (χ4v) is 3.89. The van der Waals surface area contributed by atoms with Crippen LogP contribution in [-0.4, -0.2) is 30.6 Å². The second kappa shape index (κ2) is 7.93. The van der Waals surface area contributed by atoms with Gasteiger partial charge in [-0.1, -0.05) is 18.2 Å². The normalized spacial score (nSPS) is 20.0. The molecule has 2 aliphatic heterocycles. The molecule has 4 rings (SSSR count). The van der Waals surface area contributed by atoms with Crippen LogP contribution in [-0.2, 0) is 11.0 Å². The van der Waals surface area contributed by atoms with E-state index in [1.165, 1.54) is 6.07 Å². The van der Waals surface area contributed by atoms with Crippen LogP contribution in [0.2, 0.25) is 0 Å².